The van der Waals surface area contributed by atoms with Crippen molar-refractivity contribution >= 4 is 27.5 Å². The third kappa shape index (κ3) is 4.06. The number of hydrogen-bond donors (Lipinski definition) is 2. The van der Waals surface area contributed by atoms with Gasteiger partial charge in [-0.25, -0.2) is 9.18 Å². The Bertz CT molecular complexity index is 1140. The summed E-state index contributed by atoms with van der Waals surface area (Å²) in [5.41, 5.74) is -0.177. The van der Waals surface area contributed by atoms with Gasteiger partial charge in [0.25, 0.3) is 11.5 Å². The number of nitrogens with zero attached hydrogens (tertiary/aromatic N) is 1. The van der Waals surface area contributed by atoms with Crippen molar-refractivity contribution in [3.8, 4) is 0 Å². The van der Waals surface area contributed by atoms with Crippen LogP contribution in [-0.4, -0.2) is 15.5 Å². The van der Waals surface area contributed by atoms with Gasteiger partial charge in [-0.15, -0.1) is 0 Å². The molecule has 0 aliphatic rings. The molecule has 0 aliphatic carbocycles. The van der Waals surface area contributed by atoms with Crippen molar-refractivity contribution in [2.75, 3.05) is 5.32 Å². The van der Waals surface area contributed by atoms with Gasteiger partial charge >= 0.3 is 5.69 Å². The van der Waals surface area contributed by atoms with Crippen molar-refractivity contribution in [2.45, 2.75) is 13.5 Å². The highest BCUT2D eigenvalue weighted by Crippen LogP contribution is 2.20. The van der Waals surface area contributed by atoms with Crippen LogP contribution in [0.4, 0.5) is 10.1 Å². The van der Waals surface area contributed by atoms with E-state index in [-0.39, 0.29) is 17.7 Å². The molecule has 0 saturated heterocycles. The molecule has 6 nitrogen and oxygen atoms in total. The number of hydrogen-bond acceptors (Lipinski definition) is 3. The number of rotatable bonds is 4. The molecule has 3 rings (SSSR count). The molecule has 0 unspecified atom stereocenters. The van der Waals surface area contributed by atoms with Crippen molar-refractivity contribution in [1.82, 2.24) is 9.55 Å². The molecular weight excluding hydrogens is 417 g/mol. The van der Waals surface area contributed by atoms with Crippen LogP contribution in [0.25, 0.3) is 0 Å². The zero-order valence-electron chi connectivity index (χ0n) is 14.3. The largest absolute Gasteiger partial charge is 0.328 e. The predicted molar refractivity (Wildman–Crippen MR) is 104 cm³/mol. The minimum Gasteiger partial charge on any atom is -0.322 e. The fourth-order valence-corrected chi connectivity index (χ4v) is 2.78. The monoisotopic (exact) mass is 431 g/mol. The number of benzene rings is 2. The lowest BCUT2D eigenvalue weighted by molar-refractivity contribution is 0.102. The van der Waals surface area contributed by atoms with Crippen LogP contribution >= 0.6 is 15.9 Å². The average molecular weight is 432 g/mol. The summed E-state index contributed by atoms with van der Waals surface area (Å²) in [7, 11) is 0. The van der Waals surface area contributed by atoms with E-state index in [2.05, 4.69) is 26.2 Å². The van der Waals surface area contributed by atoms with Crippen molar-refractivity contribution in [3.05, 3.63) is 96.5 Å². The van der Waals surface area contributed by atoms with Crippen LogP contribution in [0.1, 0.15) is 21.5 Å². The molecule has 1 aromatic heterocycles. The third-order valence-corrected chi connectivity index (χ3v) is 4.90. The minimum absolute atomic E-state index is 0.172. The standard InChI is InChI=1S/C19H15BrFN3O3/c1-11-8-13(6-7-15(11)20)23-17(25)14-9-22-19(27)24(18(14)26)10-12-4-2-3-5-16(12)21/h2-9H,10H2,1H3,(H,22,27)(H,23,25). The molecule has 0 spiro atoms. The fourth-order valence-electron chi connectivity index (χ4n) is 2.54. The zero-order valence-corrected chi connectivity index (χ0v) is 15.8. The Labute approximate surface area is 161 Å². The lowest BCUT2D eigenvalue weighted by atomic mass is 10.2. The number of H-pyrrole nitrogens is 1. The van der Waals surface area contributed by atoms with Gasteiger partial charge in [-0.1, -0.05) is 34.1 Å². The second-order valence-electron chi connectivity index (χ2n) is 5.91. The first kappa shape index (κ1) is 18.8. The normalized spacial score (nSPS) is 10.6. The molecule has 0 atom stereocenters. The summed E-state index contributed by atoms with van der Waals surface area (Å²) in [6.07, 6.45) is 1.06. The molecule has 0 saturated carbocycles. The van der Waals surface area contributed by atoms with Crippen LogP contribution < -0.4 is 16.6 Å². The summed E-state index contributed by atoms with van der Waals surface area (Å²) in [5.74, 6) is -1.20. The summed E-state index contributed by atoms with van der Waals surface area (Å²) in [6, 6.07) is 11.0. The molecule has 1 heterocycles. The van der Waals surface area contributed by atoms with Gasteiger partial charge in [0, 0.05) is 21.9 Å². The van der Waals surface area contributed by atoms with Gasteiger partial charge in [0.05, 0.1) is 6.54 Å². The van der Waals surface area contributed by atoms with Gasteiger partial charge in [0.2, 0.25) is 0 Å². The van der Waals surface area contributed by atoms with E-state index >= 15 is 0 Å². The number of halogens is 2. The Balaban J connectivity index is 1.93. The van der Waals surface area contributed by atoms with E-state index < -0.39 is 23.0 Å². The van der Waals surface area contributed by atoms with Gasteiger partial charge in [-0.05, 0) is 36.8 Å². The lowest BCUT2D eigenvalue weighted by Crippen LogP contribution is -2.39. The van der Waals surface area contributed by atoms with Crippen LogP contribution in [0.2, 0.25) is 0 Å². The highest BCUT2D eigenvalue weighted by molar-refractivity contribution is 9.10. The van der Waals surface area contributed by atoms with Crippen LogP contribution in [0.3, 0.4) is 0 Å². The molecule has 0 fully saturated rings. The second kappa shape index (κ2) is 7.71. The quantitative estimate of drug-likeness (QED) is 0.665. The maximum Gasteiger partial charge on any atom is 0.328 e. The van der Waals surface area contributed by atoms with Gasteiger partial charge in [0.15, 0.2) is 0 Å². The second-order valence-corrected chi connectivity index (χ2v) is 6.76. The van der Waals surface area contributed by atoms with Crippen LogP contribution in [-0.2, 0) is 6.54 Å². The topological polar surface area (TPSA) is 84.0 Å². The van der Waals surface area contributed by atoms with E-state index in [9.17, 15) is 18.8 Å². The number of aromatic amines is 1. The summed E-state index contributed by atoms with van der Waals surface area (Å²) in [5, 5.41) is 2.62. The number of aryl methyl sites for hydroxylation is 1. The number of nitrogens with one attached hydrogen (secondary N) is 2. The average Bonchev–Trinajstić information content (AvgIpc) is 2.63. The van der Waals surface area contributed by atoms with Crippen LogP contribution in [0.15, 0.2) is 62.7 Å². The van der Waals surface area contributed by atoms with Crippen molar-refractivity contribution < 1.29 is 9.18 Å². The molecule has 1 amide bonds. The van der Waals surface area contributed by atoms with Gasteiger partial charge < -0.3 is 10.3 Å². The number of anilines is 1. The van der Waals surface area contributed by atoms with E-state index in [1.807, 2.05) is 6.92 Å². The summed E-state index contributed by atoms with van der Waals surface area (Å²) in [6.45, 7) is 1.58. The first-order valence-corrected chi connectivity index (χ1v) is 8.79. The number of carbonyl (C=O) groups excluding carboxylic acids is 1. The van der Waals surface area contributed by atoms with Crippen molar-refractivity contribution in [1.29, 1.82) is 0 Å². The van der Waals surface area contributed by atoms with Crippen molar-refractivity contribution in [3.63, 3.8) is 0 Å². The number of aromatic nitrogens is 2. The molecule has 2 aromatic carbocycles. The molecule has 8 heteroatoms. The van der Waals surface area contributed by atoms with E-state index in [4.69, 9.17) is 0 Å². The maximum atomic E-state index is 13.8. The smallest absolute Gasteiger partial charge is 0.322 e. The van der Waals surface area contributed by atoms with Gasteiger partial charge in [-0.2, -0.15) is 0 Å². The fraction of sp³-hybridized carbons (Fsp3) is 0.105. The van der Waals surface area contributed by atoms with Crippen LogP contribution in [0, 0.1) is 12.7 Å². The van der Waals surface area contributed by atoms with Crippen molar-refractivity contribution in [2.24, 2.45) is 0 Å². The summed E-state index contributed by atoms with van der Waals surface area (Å²) >= 11 is 3.37. The Morgan fingerprint density at radius 2 is 1.96 bits per heavy atom. The number of amides is 1. The molecule has 0 bridgehead atoms. The molecule has 138 valence electrons. The first-order chi connectivity index (χ1) is 12.9. The van der Waals surface area contributed by atoms with E-state index in [1.54, 1.807) is 24.3 Å². The van der Waals surface area contributed by atoms with Gasteiger partial charge in [-0.3, -0.25) is 14.2 Å². The number of carbonyl (C=O) groups is 1. The lowest BCUT2D eigenvalue weighted by Gasteiger charge is -2.09. The summed E-state index contributed by atoms with van der Waals surface area (Å²) < 4.78 is 15.5. The van der Waals surface area contributed by atoms with E-state index in [0.29, 0.717) is 5.69 Å². The molecule has 3 aromatic rings. The SMILES string of the molecule is Cc1cc(NC(=O)c2c[nH]c(=O)n(Cc3ccccc3F)c2=O)ccc1Br. The highest BCUT2D eigenvalue weighted by Gasteiger charge is 2.16. The maximum absolute atomic E-state index is 13.8. The molecule has 2 N–H and O–H groups in total. The molecule has 0 aliphatic heterocycles. The first-order valence-electron chi connectivity index (χ1n) is 8.00. The Hall–Kier alpha value is -3.00. The minimum atomic E-state index is -0.798. The molecule has 27 heavy (non-hydrogen) atoms. The molecular formula is C19H15BrFN3O3. The van der Waals surface area contributed by atoms with Gasteiger partial charge in [0.1, 0.15) is 11.4 Å². The van der Waals surface area contributed by atoms with E-state index in [1.165, 1.54) is 18.2 Å². The Kier molecular flexibility index (Phi) is 5.36. The Morgan fingerprint density at radius 1 is 1.22 bits per heavy atom. The predicted octanol–water partition coefficient (Wildman–Crippen LogP) is 3.05. The molecule has 0 radical (unpaired) electrons. The summed E-state index contributed by atoms with van der Waals surface area (Å²) in [4.78, 5) is 39.5. The van der Waals surface area contributed by atoms with E-state index in [0.717, 1.165) is 20.8 Å². The highest BCUT2D eigenvalue weighted by atomic mass is 79.9. The third-order valence-electron chi connectivity index (χ3n) is 4.01. The van der Waals surface area contributed by atoms with Crippen LogP contribution in [0.5, 0.6) is 0 Å². The zero-order chi connectivity index (χ0) is 19.6. The Morgan fingerprint density at radius 3 is 2.67 bits per heavy atom.